The van der Waals surface area contributed by atoms with Crippen molar-refractivity contribution in [1.29, 1.82) is 0 Å². The van der Waals surface area contributed by atoms with Crippen molar-refractivity contribution in [2.75, 3.05) is 5.32 Å². The second kappa shape index (κ2) is 5.81. The summed E-state index contributed by atoms with van der Waals surface area (Å²) in [5.41, 5.74) is 12.0. The summed E-state index contributed by atoms with van der Waals surface area (Å²) >= 11 is 5.15. The predicted molar refractivity (Wildman–Crippen MR) is 89.6 cm³/mol. The molecule has 2 aromatic rings. The average Bonchev–Trinajstić information content (AvgIpc) is 2.59. The van der Waals surface area contributed by atoms with Gasteiger partial charge in [-0.25, -0.2) is 4.98 Å². The highest BCUT2D eigenvalue weighted by Crippen LogP contribution is 2.20. The summed E-state index contributed by atoms with van der Waals surface area (Å²) in [7, 11) is 1.95. The SMILES string of the molecule is Cc1cc(C)c(C(N)=S)c(NCc2c(C)nn(C)c2C)n1. The molecule has 21 heavy (non-hydrogen) atoms. The lowest BCUT2D eigenvalue weighted by atomic mass is 10.1. The first-order valence-electron chi connectivity index (χ1n) is 6.82. The largest absolute Gasteiger partial charge is 0.389 e. The fourth-order valence-corrected chi connectivity index (χ4v) is 2.78. The Bertz CT molecular complexity index is 703. The molecule has 2 aromatic heterocycles. The van der Waals surface area contributed by atoms with Crippen LogP contribution in [-0.2, 0) is 13.6 Å². The standard InChI is InChI=1S/C15H21N5S/c1-8-6-9(2)18-15(13(8)14(16)21)17-7-12-10(3)19-20(5)11(12)4/h6H,7H2,1-5H3,(H2,16,21)(H,17,18). The van der Waals surface area contributed by atoms with Crippen molar-refractivity contribution >= 4 is 23.0 Å². The Morgan fingerprint density at radius 2 is 2.00 bits per heavy atom. The van der Waals surface area contributed by atoms with E-state index in [4.69, 9.17) is 18.0 Å². The molecule has 6 heteroatoms. The van der Waals surface area contributed by atoms with Crippen molar-refractivity contribution in [3.8, 4) is 0 Å². The smallest absolute Gasteiger partial charge is 0.137 e. The Morgan fingerprint density at radius 1 is 1.33 bits per heavy atom. The third-order valence-electron chi connectivity index (χ3n) is 3.68. The van der Waals surface area contributed by atoms with Gasteiger partial charge >= 0.3 is 0 Å². The zero-order chi connectivity index (χ0) is 15.7. The fourth-order valence-electron chi connectivity index (χ4n) is 2.52. The maximum absolute atomic E-state index is 5.83. The summed E-state index contributed by atoms with van der Waals surface area (Å²) < 4.78 is 1.88. The van der Waals surface area contributed by atoms with Crippen LogP contribution < -0.4 is 11.1 Å². The van der Waals surface area contributed by atoms with Gasteiger partial charge in [0, 0.05) is 30.5 Å². The normalized spacial score (nSPS) is 10.7. The minimum absolute atomic E-state index is 0.363. The zero-order valence-corrected chi connectivity index (χ0v) is 13.9. The van der Waals surface area contributed by atoms with Gasteiger partial charge in [0.05, 0.1) is 11.3 Å². The summed E-state index contributed by atoms with van der Waals surface area (Å²) in [6.45, 7) is 8.67. The van der Waals surface area contributed by atoms with Crippen molar-refractivity contribution in [3.63, 3.8) is 0 Å². The highest BCUT2D eigenvalue weighted by atomic mass is 32.1. The maximum atomic E-state index is 5.83. The van der Waals surface area contributed by atoms with Gasteiger partial charge in [-0.15, -0.1) is 0 Å². The monoisotopic (exact) mass is 303 g/mol. The molecule has 112 valence electrons. The van der Waals surface area contributed by atoms with Crippen LogP contribution in [0.4, 0.5) is 5.82 Å². The van der Waals surface area contributed by atoms with E-state index in [-0.39, 0.29) is 0 Å². The predicted octanol–water partition coefficient (Wildman–Crippen LogP) is 2.30. The van der Waals surface area contributed by atoms with E-state index in [1.807, 2.05) is 38.6 Å². The number of nitrogens with two attached hydrogens (primary N) is 1. The average molecular weight is 303 g/mol. The topological polar surface area (TPSA) is 68.8 Å². The molecular weight excluding hydrogens is 282 g/mol. The van der Waals surface area contributed by atoms with Gasteiger partial charge < -0.3 is 11.1 Å². The number of rotatable bonds is 4. The van der Waals surface area contributed by atoms with E-state index in [1.165, 1.54) is 5.56 Å². The van der Waals surface area contributed by atoms with Crippen molar-refractivity contribution < 1.29 is 0 Å². The first-order chi connectivity index (χ1) is 9.81. The number of hydrogen-bond donors (Lipinski definition) is 2. The van der Waals surface area contributed by atoms with E-state index in [0.717, 1.165) is 34.0 Å². The molecule has 0 bridgehead atoms. The molecule has 5 nitrogen and oxygen atoms in total. The lowest BCUT2D eigenvalue weighted by molar-refractivity contribution is 0.730. The van der Waals surface area contributed by atoms with E-state index in [9.17, 15) is 0 Å². The van der Waals surface area contributed by atoms with Crippen LogP contribution in [0.2, 0.25) is 0 Å². The van der Waals surface area contributed by atoms with Crippen LogP contribution in [0.15, 0.2) is 6.07 Å². The molecule has 0 aliphatic carbocycles. The van der Waals surface area contributed by atoms with Crippen molar-refractivity contribution in [1.82, 2.24) is 14.8 Å². The molecule has 0 spiro atoms. The van der Waals surface area contributed by atoms with Gasteiger partial charge in [0.25, 0.3) is 0 Å². The number of nitrogens with one attached hydrogen (secondary N) is 1. The number of thiocarbonyl (C=S) groups is 1. The maximum Gasteiger partial charge on any atom is 0.137 e. The van der Waals surface area contributed by atoms with Crippen LogP contribution in [0, 0.1) is 27.7 Å². The Hall–Kier alpha value is -1.95. The Morgan fingerprint density at radius 3 is 2.52 bits per heavy atom. The number of hydrogen-bond acceptors (Lipinski definition) is 4. The van der Waals surface area contributed by atoms with Gasteiger partial charge in [0.15, 0.2) is 0 Å². The van der Waals surface area contributed by atoms with E-state index < -0.39 is 0 Å². The highest BCUT2D eigenvalue weighted by Gasteiger charge is 2.14. The Labute approximate surface area is 130 Å². The van der Waals surface area contributed by atoms with Gasteiger partial charge in [-0.3, -0.25) is 4.68 Å². The quantitative estimate of drug-likeness (QED) is 0.848. The van der Waals surface area contributed by atoms with Crippen LogP contribution in [-0.4, -0.2) is 19.8 Å². The Kier molecular flexibility index (Phi) is 4.27. The molecule has 0 aromatic carbocycles. The molecule has 0 atom stereocenters. The third-order valence-corrected chi connectivity index (χ3v) is 3.89. The lowest BCUT2D eigenvalue weighted by Crippen LogP contribution is -2.17. The van der Waals surface area contributed by atoms with Gasteiger partial charge in [0.1, 0.15) is 10.8 Å². The highest BCUT2D eigenvalue weighted by molar-refractivity contribution is 7.80. The first kappa shape index (κ1) is 15.4. The zero-order valence-electron chi connectivity index (χ0n) is 13.1. The van der Waals surface area contributed by atoms with Crippen molar-refractivity contribution in [2.45, 2.75) is 34.2 Å². The molecular formula is C15H21N5S. The van der Waals surface area contributed by atoms with Gasteiger partial charge in [-0.1, -0.05) is 12.2 Å². The summed E-state index contributed by atoms with van der Waals surface area (Å²) in [4.78, 5) is 4.89. The Balaban J connectivity index is 2.34. The number of anilines is 1. The fraction of sp³-hybridized carbons (Fsp3) is 0.400. The number of pyridine rings is 1. The molecule has 0 unspecified atom stereocenters. The van der Waals surface area contributed by atoms with Crippen molar-refractivity contribution in [3.05, 3.63) is 39.8 Å². The summed E-state index contributed by atoms with van der Waals surface area (Å²) in [6, 6.07) is 1.99. The van der Waals surface area contributed by atoms with Crippen LogP contribution in [0.5, 0.6) is 0 Å². The van der Waals surface area contributed by atoms with Crippen LogP contribution in [0.1, 0.15) is 33.8 Å². The second-order valence-electron chi connectivity index (χ2n) is 5.29. The molecule has 0 fully saturated rings. The minimum atomic E-state index is 0.363. The first-order valence-corrected chi connectivity index (χ1v) is 7.23. The van der Waals surface area contributed by atoms with Crippen LogP contribution in [0.25, 0.3) is 0 Å². The number of nitrogens with zero attached hydrogens (tertiary/aromatic N) is 3. The van der Waals surface area contributed by atoms with Gasteiger partial charge in [0.2, 0.25) is 0 Å². The molecule has 0 radical (unpaired) electrons. The molecule has 0 aliphatic rings. The van der Waals surface area contributed by atoms with Gasteiger partial charge in [-0.05, 0) is 39.3 Å². The van der Waals surface area contributed by atoms with Crippen LogP contribution in [0.3, 0.4) is 0 Å². The molecule has 0 aliphatic heterocycles. The van der Waals surface area contributed by atoms with E-state index >= 15 is 0 Å². The molecule has 2 heterocycles. The number of aromatic nitrogens is 3. The van der Waals surface area contributed by atoms with E-state index in [2.05, 4.69) is 22.3 Å². The van der Waals surface area contributed by atoms with E-state index in [1.54, 1.807) is 0 Å². The van der Waals surface area contributed by atoms with Crippen LogP contribution >= 0.6 is 12.2 Å². The third kappa shape index (κ3) is 3.05. The van der Waals surface area contributed by atoms with Crippen molar-refractivity contribution in [2.24, 2.45) is 12.8 Å². The summed E-state index contributed by atoms with van der Waals surface area (Å²) in [6.07, 6.45) is 0. The summed E-state index contributed by atoms with van der Waals surface area (Å²) in [5.74, 6) is 0.739. The summed E-state index contributed by atoms with van der Waals surface area (Å²) in [5, 5.41) is 7.78. The minimum Gasteiger partial charge on any atom is -0.389 e. The molecule has 2 rings (SSSR count). The van der Waals surface area contributed by atoms with Gasteiger partial charge in [-0.2, -0.15) is 5.10 Å². The van der Waals surface area contributed by atoms with E-state index in [0.29, 0.717) is 11.5 Å². The number of aryl methyl sites for hydroxylation is 4. The molecule has 0 saturated carbocycles. The molecule has 0 amide bonds. The molecule has 0 saturated heterocycles. The second-order valence-corrected chi connectivity index (χ2v) is 5.73. The lowest BCUT2D eigenvalue weighted by Gasteiger charge is -2.14. The molecule has 3 N–H and O–H groups in total.